The second-order valence-corrected chi connectivity index (χ2v) is 10.5. The van der Waals surface area contributed by atoms with E-state index in [-0.39, 0.29) is 29.7 Å². The van der Waals surface area contributed by atoms with Gasteiger partial charge in [-0.15, -0.1) is 0 Å². The predicted molar refractivity (Wildman–Crippen MR) is 114 cm³/mol. The van der Waals surface area contributed by atoms with Gasteiger partial charge >= 0.3 is 6.03 Å². The Balaban J connectivity index is 1.71. The summed E-state index contributed by atoms with van der Waals surface area (Å²) in [6.45, 7) is 1.68. The molecular weight excluding hydrogens is 422 g/mol. The van der Waals surface area contributed by atoms with Crippen LogP contribution in [0.15, 0.2) is 18.5 Å². The van der Waals surface area contributed by atoms with Crippen LogP contribution < -0.4 is 16.0 Å². The monoisotopic (exact) mass is 447 g/mol. The number of carbonyl (C=O) groups is 1. The quantitative estimate of drug-likeness (QED) is 0.464. The molecule has 0 radical (unpaired) electrons. The normalized spacial score (nSPS) is 18.2. The Hall–Kier alpha value is -2.86. The van der Waals surface area contributed by atoms with Gasteiger partial charge in [0.15, 0.2) is 15.7 Å². The van der Waals surface area contributed by atoms with Gasteiger partial charge < -0.3 is 15.7 Å². The van der Waals surface area contributed by atoms with Gasteiger partial charge in [0, 0.05) is 31.5 Å². The number of hydrogen-bond acceptors (Lipinski definition) is 9. The molecule has 0 spiro atoms. The van der Waals surface area contributed by atoms with Crippen molar-refractivity contribution in [2.24, 2.45) is 0 Å². The lowest BCUT2D eigenvalue weighted by atomic mass is 10.2. The first-order chi connectivity index (χ1) is 14.8. The maximum absolute atomic E-state index is 13.1. The van der Waals surface area contributed by atoms with E-state index in [4.69, 9.17) is 0 Å². The molecule has 4 N–H and O–H groups in total. The van der Waals surface area contributed by atoms with E-state index in [0.29, 0.717) is 42.8 Å². The summed E-state index contributed by atoms with van der Waals surface area (Å²) in [6.07, 6.45) is 5.38. The molecule has 2 fully saturated rings. The van der Waals surface area contributed by atoms with Gasteiger partial charge in [-0.05, 0) is 32.6 Å². The van der Waals surface area contributed by atoms with E-state index in [0.717, 1.165) is 0 Å². The second-order valence-electron chi connectivity index (χ2n) is 7.93. The molecule has 11 nitrogen and oxygen atoms in total. The van der Waals surface area contributed by atoms with Gasteiger partial charge in [-0.3, -0.25) is 5.32 Å². The van der Waals surface area contributed by atoms with Crippen LogP contribution in [0, 0.1) is 0 Å². The standard InChI is InChI=1S/C19H25N7O4S/c1-11(10-27)23-15-7-14(19(5-6-19)31(29,30)13-3-4-13)24-16(25-15)12-8-21-17(22-9-12)26-18(28)20-2/h7-9,11,13,27H,3-6,10H2,1-2H3,(H,23,24,25)(H2,20,21,22,26,28)/t11-/m0/s1. The average molecular weight is 448 g/mol. The van der Waals surface area contributed by atoms with E-state index in [2.05, 4.69) is 35.9 Å². The van der Waals surface area contributed by atoms with Crippen molar-refractivity contribution < 1.29 is 18.3 Å². The first-order valence-corrected chi connectivity index (χ1v) is 11.7. The number of carbonyl (C=O) groups excluding carboxylic acids is 1. The van der Waals surface area contributed by atoms with E-state index >= 15 is 0 Å². The Morgan fingerprint density at radius 2 is 1.94 bits per heavy atom. The van der Waals surface area contributed by atoms with Crippen LogP contribution in [0.1, 0.15) is 38.3 Å². The fraction of sp³-hybridized carbons (Fsp3) is 0.526. The van der Waals surface area contributed by atoms with Gasteiger partial charge in [-0.25, -0.2) is 33.1 Å². The van der Waals surface area contributed by atoms with Crippen molar-refractivity contribution in [3.05, 3.63) is 24.2 Å². The number of hydrogen-bond donors (Lipinski definition) is 4. The minimum absolute atomic E-state index is 0.108. The van der Waals surface area contributed by atoms with E-state index < -0.39 is 20.6 Å². The average Bonchev–Trinajstić information content (AvgIpc) is 3.65. The van der Waals surface area contributed by atoms with Gasteiger partial charge in [0.05, 0.1) is 23.1 Å². The van der Waals surface area contributed by atoms with E-state index in [1.807, 2.05) is 0 Å². The Morgan fingerprint density at radius 1 is 1.26 bits per heavy atom. The fourth-order valence-electron chi connectivity index (χ4n) is 3.35. The van der Waals surface area contributed by atoms with E-state index in [1.54, 1.807) is 13.0 Å². The molecule has 0 unspecified atom stereocenters. The molecule has 4 rings (SSSR count). The zero-order chi connectivity index (χ0) is 22.2. The van der Waals surface area contributed by atoms with Crippen LogP contribution in [-0.2, 0) is 14.6 Å². The third-order valence-electron chi connectivity index (χ3n) is 5.44. The van der Waals surface area contributed by atoms with Crippen LogP contribution in [0.4, 0.5) is 16.6 Å². The molecule has 2 heterocycles. The van der Waals surface area contributed by atoms with Crippen molar-refractivity contribution in [2.45, 2.75) is 48.6 Å². The Kier molecular flexibility index (Phi) is 5.52. The minimum Gasteiger partial charge on any atom is -0.394 e. The highest BCUT2D eigenvalue weighted by Crippen LogP contribution is 2.57. The molecule has 31 heavy (non-hydrogen) atoms. The molecule has 166 valence electrons. The van der Waals surface area contributed by atoms with Gasteiger partial charge in [0.2, 0.25) is 5.95 Å². The number of anilines is 2. The molecular formula is C19H25N7O4S. The number of urea groups is 1. The summed E-state index contributed by atoms with van der Waals surface area (Å²) in [5.41, 5.74) is 0.924. The summed E-state index contributed by atoms with van der Waals surface area (Å²) in [4.78, 5) is 28.7. The molecule has 2 aromatic rings. The highest BCUT2D eigenvalue weighted by molar-refractivity contribution is 7.93. The Morgan fingerprint density at radius 3 is 2.48 bits per heavy atom. The lowest BCUT2D eigenvalue weighted by Gasteiger charge is -2.19. The first kappa shape index (κ1) is 21.4. The summed E-state index contributed by atoms with van der Waals surface area (Å²) in [6, 6.07) is 0.933. The number of nitrogens with one attached hydrogen (secondary N) is 3. The first-order valence-electron chi connectivity index (χ1n) is 10.1. The third-order valence-corrected chi connectivity index (χ3v) is 8.49. The molecule has 12 heteroatoms. The van der Waals surface area contributed by atoms with Crippen molar-refractivity contribution in [3.8, 4) is 11.4 Å². The number of amides is 2. The zero-order valence-electron chi connectivity index (χ0n) is 17.3. The van der Waals surface area contributed by atoms with Crippen LogP contribution in [-0.4, -0.2) is 64.4 Å². The summed E-state index contributed by atoms with van der Waals surface area (Å²) >= 11 is 0. The summed E-state index contributed by atoms with van der Waals surface area (Å²) < 4.78 is 25.2. The van der Waals surface area contributed by atoms with E-state index in [1.165, 1.54) is 19.4 Å². The minimum atomic E-state index is -3.33. The lowest BCUT2D eigenvalue weighted by Crippen LogP contribution is -2.27. The molecule has 2 aromatic heterocycles. The highest BCUT2D eigenvalue weighted by atomic mass is 32.2. The maximum atomic E-state index is 13.1. The maximum Gasteiger partial charge on any atom is 0.321 e. The zero-order valence-corrected chi connectivity index (χ0v) is 18.1. The molecule has 1 atom stereocenters. The molecule has 0 bridgehead atoms. The van der Waals surface area contributed by atoms with Crippen LogP contribution in [0.2, 0.25) is 0 Å². The molecule has 0 saturated heterocycles. The molecule has 0 aromatic carbocycles. The fourth-order valence-corrected chi connectivity index (χ4v) is 5.81. The van der Waals surface area contributed by atoms with Crippen molar-refractivity contribution in [1.29, 1.82) is 0 Å². The summed E-state index contributed by atoms with van der Waals surface area (Å²) in [5, 5.41) is 17.1. The molecule has 2 saturated carbocycles. The van der Waals surface area contributed by atoms with Gasteiger partial charge in [-0.1, -0.05) is 0 Å². The SMILES string of the molecule is CNC(=O)Nc1ncc(-c2nc(N[C@@H](C)CO)cc(C3(S(=O)(=O)C4CC4)CC3)n2)cn1. The van der Waals surface area contributed by atoms with Crippen LogP contribution in [0.25, 0.3) is 11.4 Å². The second kappa shape index (κ2) is 8.00. The molecule has 2 aliphatic carbocycles. The Labute approximate surface area is 180 Å². The lowest BCUT2D eigenvalue weighted by molar-refractivity contribution is 0.254. The predicted octanol–water partition coefficient (Wildman–Crippen LogP) is 1.04. The summed E-state index contributed by atoms with van der Waals surface area (Å²) in [7, 11) is -1.85. The van der Waals surface area contributed by atoms with Crippen molar-refractivity contribution in [3.63, 3.8) is 0 Å². The number of rotatable bonds is 8. The number of nitrogens with zero attached hydrogens (tertiary/aromatic N) is 4. The van der Waals surface area contributed by atoms with Crippen LogP contribution in [0.5, 0.6) is 0 Å². The summed E-state index contributed by atoms with van der Waals surface area (Å²) in [5.74, 6) is 0.807. The van der Waals surface area contributed by atoms with Gasteiger partial charge in [0.25, 0.3) is 0 Å². The number of sulfone groups is 1. The Bertz CT molecular complexity index is 1080. The number of aliphatic hydroxyl groups excluding tert-OH is 1. The van der Waals surface area contributed by atoms with E-state index in [9.17, 15) is 18.3 Å². The third kappa shape index (κ3) is 4.17. The number of aliphatic hydroxyl groups is 1. The van der Waals surface area contributed by atoms with Crippen molar-refractivity contribution in [2.75, 3.05) is 24.3 Å². The van der Waals surface area contributed by atoms with Crippen LogP contribution in [0.3, 0.4) is 0 Å². The van der Waals surface area contributed by atoms with Crippen molar-refractivity contribution >= 4 is 27.6 Å². The van der Waals surface area contributed by atoms with Crippen molar-refractivity contribution in [1.82, 2.24) is 25.3 Å². The number of aromatic nitrogens is 4. The van der Waals surface area contributed by atoms with Gasteiger partial charge in [-0.2, -0.15) is 0 Å². The smallest absolute Gasteiger partial charge is 0.321 e. The largest absolute Gasteiger partial charge is 0.394 e. The van der Waals surface area contributed by atoms with Gasteiger partial charge in [0.1, 0.15) is 10.6 Å². The highest BCUT2D eigenvalue weighted by Gasteiger charge is 2.61. The molecule has 2 aliphatic rings. The molecule has 2 amide bonds. The topological polar surface area (TPSA) is 159 Å². The van der Waals surface area contributed by atoms with Crippen LogP contribution >= 0.6 is 0 Å². The molecule has 0 aliphatic heterocycles.